The van der Waals surface area contributed by atoms with Crippen molar-refractivity contribution in [3.63, 3.8) is 0 Å². The second-order valence-electron chi connectivity index (χ2n) is 3.86. The van der Waals surface area contributed by atoms with Crippen LogP contribution < -0.4 is 10.1 Å². The van der Waals surface area contributed by atoms with Crippen LogP contribution in [0.3, 0.4) is 0 Å². The van der Waals surface area contributed by atoms with E-state index in [2.05, 4.69) is 5.32 Å². The Balaban J connectivity index is 3.01. The fraction of sp³-hybridized carbons (Fsp3) is 0.333. The van der Waals surface area contributed by atoms with Crippen molar-refractivity contribution in [2.24, 2.45) is 5.92 Å². The smallest absolute Gasteiger partial charge is 0.335 e. The van der Waals surface area contributed by atoms with Gasteiger partial charge in [-0.15, -0.1) is 0 Å². The number of carboxylic acids is 1. The van der Waals surface area contributed by atoms with Crippen molar-refractivity contribution >= 4 is 17.6 Å². The first-order valence-electron chi connectivity index (χ1n) is 5.18. The van der Waals surface area contributed by atoms with Gasteiger partial charge < -0.3 is 15.2 Å². The maximum absolute atomic E-state index is 11.5. The average Bonchev–Trinajstić information content (AvgIpc) is 2.28. The summed E-state index contributed by atoms with van der Waals surface area (Å²) in [5.74, 6) is -1.01. The van der Waals surface area contributed by atoms with Crippen LogP contribution in [0.2, 0.25) is 0 Å². The van der Waals surface area contributed by atoms with Crippen molar-refractivity contribution in [3.05, 3.63) is 23.8 Å². The molecule has 5 heteroatoms. The van der Waals surface area contributed by atoms with Crippen LogP contribution in [0.5, 0.6) is 5.75 Å². The molecule has 0 atom stereocenters. The van der Waals surface area contributed by atoms with E-state index >= 15 is 0 Å². The second kappa shape index (κ2) is 5.34. The van der Waals surface area contributed by atoms with E-state index in [1.54, 1.807) is 13.8 Å². The number of benzene rings is 1. The molecule has 1 amide bonds. The van der Waals surface area contributed by atoms with Gasteiger partial charge in [-0.1, -0.05) is 13.8 Å². The Kier molecular flexibility index (Phi) is 4.09. The molecule has 5 nitrogen and oxygen atoms in total. The number of amides is 1. The summed E-state index contributed by atoms with van der Waals surface area (Å²) >= 11 is 0. The summed E-state index contributed by atoms with van der Waals surface area (Å²) in [4.78, 5) is 22.3. The highest BCUT2D eigenvalue weighted by Crippen LogP contribution is 2.26. The lowest BCUT2D eigenvalue weighted by Gasteiger charge is -2.12. The molecule has 0 heterocycles. The first kappa shape index (κ1) is 13.0. The number of carbonyl (C=O) groups is 2. The number of nitrogens with one attached hydrogen (secondary N) is 1. The van der Waals surface area contributed by atoms with Gasteiger partial charge in [-0.05, 0) is 18.2 Å². The molecule has 1 aromatic rings. The third-order valence-electron chi connectivity index (χ3n) is 2.23. The highest BCUT2D eigenvalue weighted by molar-refractivity contribution is 5.95. The topological polar surface area (TPSA) is 75.6 Å². The van der Waals surface area contributed by atoms with E-state index in [9.17, 15) is 9.59 Å². The van der Waals surface area contributed by atoms with Gasteiger partial charge in [0.25, 0.3) is 0 Å². The Hall–Kier alpha value is -2.04. The minimum atomic E-state index is -1.04. The molecule has 0 aliphatic heterocycles. The van der Waals surface area contributed by atoms with E-state index in [1.165, 1.54) is 25.3 Å². The molecular weight excluding hydrogens is 222 g/mol. The van der Waals surface area contributed by atoms with Gasteiger partial charge in [-0.3, -0.25) is 4.79 Å². The number of carbonyl (C=O) groups excluding carboxylic acids is 1. The molecule has 0 aliphatic rings. The van der Waals surface area contributed by atoms with Gasteiger partial charge in [0.1, 0.15) is 5.75 Å². The summed E-state index contributed by atoms with van der Waals surface area (Å²) < 4.78 is 5.04. The molecule has 2 N–H and O–H groups in total. The first-order valence-corrected chi connectivity index (χ1v) is 5.18. The van der Waals surface area contributed by atoms with Gasteiger partial charge in [-0.2, -0.15) is 0 Å². The van der Waals surface area contributed by atoms with Crippen molar-refractivity contribution < 1.29 is 19.4 Å². The van der Waals surface area contributed by atoms with E-state index in [4.69, 9.17) is 9.84 Å². The van der Waals surface area contributed by atoms with Crippen molar-refractivity contribution in [2.75, 3.05) is 12.4 Å². The second-order valence-corrected chi connectivity index (χ2v) is 3.86. The van der Waals surface area contributed by atoms with Crippen molar-refractivity contribution in [3.8, 4) is 5.75 Å². The fourth-order valence-electron chi connectivity index (χ4n) is 1.20. The largest absolute Gasteiger partial charge is 0.495 e. The van der Waals surface area contributed by atoms with E-state index in [0.29, 0.717) is 11.4 Å². The SMILES string of the molecule is COc1cc(C(=O)O)ccc1NC(=O)C(C)C. The lowest BCUT2D eigenvalue weighted by atomic mass is 10.1. The minimum Gasteiger partial charge on any atom is -0.495 e. The number of methoxy groups -OCH3 is 1. The molecule has 0 aliphatic carbocycles. The molecule has 1 aromatic carbocycles. The zero-order chi connectivity index (χ0) is 13.0. The molecular formula is C12H15NO4. The summed E-state index contributed by atoms with van der Waals surface area (Å²) in [7, 11) is 1.42. The Labute approximate surface area is 99.4 Å². The molecule has 0 saturated heterocycles. The van der Waals surface area contributed by atoms with Gasteiger partial charge in [-0.25, -0.2) is 4.79 Å². The molecule has 0 aromatic heterocycles. The fourth-order valence-corrected chi connectivity index (χ4v) is 1.20. The highest BCUT2D eigenvalue weighted by atomic mass is 16.5. The van der Waals surface area contributed by atoms with Crippen molar-refractivity contribution in [1.82, 2.24) is 0 Å². The monoisotopic (exact) mass is 237 g/mol. The van der Waals surface area contributed by atoms with Crippen LogP contribution >= 0.6 is 0 Å². The van der Waals surface area contributed by atoms with Crippen LogP contribution in [-0.4, -0.2) is 24.1 Å². The number of rotatable bonds is 4. The number of ether oxygens (including phenoxy) is 1. The number of hydrogen-bond acceptors (Lipinski definition) is 3. The summed E-state index contributed by atoms with van der Waals surface area (Å²) in [6, 6.07) is 4.31. The van der Waals surface area contributed by atoms with Crippen LogP contribution in [0.1, 0.15) is 24.2 Å². The predicted octanol–water partition coefficient (Wildman–Crippen LogP) is 1.99. The number of carboxylic acid groups (broad SMARTS) is 1. The summed E-state index contributed by atoms with van der Waals surface area (Å²) in [5, 5.41) is 11.5. The zero-order valence-electron chi connectivity index (χ0n) is 9.98. The Morgan fingerprint density at radius 2 is 2.00 bits per heavy atom. The standard InChI is InChI=1S/C12H15NO4/c1-7(2)11(14)13-9-5-4-8(12(15)16)6-10(9)17-3/h4-7H,1-3H3,(H,13,14)(H,15,16). The Morgan fingerprint density at radius 3 is 2.47 bits per heavy atom. The normalized spacial score (nSPS) is 10.1. The van der Waals surface area contributed by atoms with Crippen LogP contribution in [0, 0.1) is 5.92 Å². The third kappa shape index (κ3) is 3.21. The molecule has 17 heavy (non-hydrogen) atoms. The van der Waals surface area contributed by atoms with E-state index < -0.39 is 5.97 Å². The zero-order valence-corrected chi connectivity index (χ0v) is 9.98. The minimum absolute atomic E-state index is 0.115. The first-order chi connectivity index (χ1) is 7.95. The van der Waals surface area contributed by atoms with Gasteiger partial charge >= 0.3 is 5.97 Å². The van der Waals surface area contributed by atoms with Crippen molar-refractivity contribution in [2.45, 2.75) is 13.8 Å². The van der Waals surface area contributed by atoms with Gasteiger partial charge in [0.2, 0.25) is 5.91 Å². The molecule has 0 bridgehead atoms. The van der Waals surface area contributed by atoms with E-state index in [0.717, 1.165) is 0 Å². The van der Waals surface area contributed by atoms with Crippen molar-refractivity contribution in [1.29, 1.82) is 0 Å². The average molecular weight is 237 g/mol. The van der Waals surface area contributed by atoms with Crippen LogP contribution in [0.15, 0.2) is 18.2 Å². The Morgan fingerprint density at radius 1 is 1.35 bits per heavy atom. The van der Waals surface area contributed by atoms with Crippen LogP contribution in [0.4, 0.5) is 5.69 Å². The maximum Gasteiger partial charge on any atom is 0.335 e. The summed E-state index contributed by atoms with van der Waals surface area (Å²) in [6.45, 7) is 3.54. The predicted molar refractivity (Wildman–Crippen MR) is 63.4 cm³/mol. The number of aromatic carboxylic acids is 1. The van der Waals surface area contributed by atoms with Crippen LogP contribution in [-0.2, 0) is 4.79 Å². The summed E-state index contributed by atoms with van der Waals surface area (Å²) in [6.07, 6.45) is 0. The maximum atomic E-state index is 11.5. The molecule has 0 unspecified atom stereocenters. The molecule has 0 radical (unpaired) electrons. The quantitative estimate of drug-likeness (QED) is 0.839. The molecule has 92 valence electrons. The number of anilines is 1. The molecule has 0 saturated carbocycles. The van der Waals surface area contributed by atoms with Gasteiger partial charge in [0, 0.05) is 5.92 Å². The van der Waals surface area contributed by atoms with Crippen LogP contribution in [0.25, 0.3) is 0 Å². The van der Waals surface area contributed by atoms with Gasteiger partial charge in [0.05, 0.1) is 18.4 Å². The highest BCUT2D eigenvalue weighted by Gasteiger charge is 2.13. The van der Waals surface area contributed by atoms with E-state index in [-0.39, 0.29) is 17.4 Å². The molecule has 1 rings (SSSR count). The summed E-state index contributed by atoms with van der Waals surface area (Å²) in [5.41, 5.74) is 0.584. The lowest BCUT2D eigenvalue weighted by molar-refractivity contribution is -0.118. The molecule has 0 fully saturated rings. The third-order valence-corrected chi connectivity index (χ3v) is 2.23. The number of hydrogen-bond donors (Lipinski definition) is 2. The molecule has 0 spiro atoms. The van der Waals surface area contributed by atoms with E-state index in [1.807, 2.05) is 0 Å². The Bertz CT molecular complexity index is 440. The van der Waals surface area contributed by atoms with Gasteiger partial charge in [0.15, 0.2) is 0 Å². The lowest BCUT2D eigenvalue weighted by Crippen LogP contribution is -2.18.